The zero-order chi connectivity index (χ0) is 19.3. The summed E-state index contributed by atoms with van der Waals surface area (Å²) in [4.78, 5) is 23.8. The lowest BCUT2D eigenvalue weighted by Crippen LogP contribution is -2.27. The number of benzene rings is 1. The summed E-state index contributed by atoms with van der Waals surface area (Å²) in [6.07, 6.45) is 13.5. The Morgan fingerprint density at radius 1 is 1.11 bits per heavy atom. The first-order valence-corrected chi connectivity index (χ1v) is 10.0. The molecule has 0 saturated heterocycles. The van der Waals surface area contributed by atoms with Crippen molar-refractivity contribution in [2.45, 2.75) is 44.6 Å². The number of hydrogen-bond donors (Lipinski definition) is 0. The predicted octanol–water partition coefficient (Wildman–Crippen LogP) is 4.59. The third-order valence-corrected chi connectivity index (χ3v) is 5.52. The zero-order valence-electron chi connectivity index (χ0n) is 16.3. The van der Waals surface area contributed by atoms with Gasteiger partial charge in [-0.3, -0.25) is 9.78 Å². The molecule has 0 bridgehead atoms. The van der Waals surface area contributed by atoms with Crippen LogP contribution in [0.1, 0.15) is 59.8 Å². The van der Waals surface area contributed by atoms with E-state index in [4.69, 9.17) is 0 Å². The first kappa shape index (κ1) is 18.4. The van der Waals surface area contributed by atoms with Crippen LogP contribution in [0.4, 0.5) is 0 Å². The van der Waals surface area contributed by atoms with Crippen LogP contribution in [-0.2, 0) is 6.54 Å². The molecular weight excluding hydrogens is 348 g/mol. The molecule has 144 valence electrons. The minimum Gasteiger partial charge on any atom is -0.337 e. The molecule has 0 radical (unpaired) electrons. The van der Waals surface area contributed by atoms with Crippen LogP contribution < -0.4 is 0 Å². The topological polar surface area (TPSA) is 51.0 Å². The molecule has 1 amide bonds. The Morgan fingerprint density at radius 2 is 1.93 bits per heavy atom. The second-order valence-corrected chi connectivity index (χ2v) is 7.53. The van der Waals surface area contributed by atoms with Crippen molar-refractivity contribution in [3.8, 4) is 5.69 Å². The van der Waals surface area contributed by atoms with Gasteiger partial charge in [0.15, 0.2) is 0 Å². The Bertz CT molecular complexity index is 929. The Hall–Kier alpha value is -2.95. The second-order valence-electron chi connectivity index (χ2n) is 7.53. The van der Waals surface area contributed by atoms with E-state index in [9.17, 15) is 4.79 Å². The van der Waals surface area contributed by atoms with Gasteiger partial charge in [0.2, 0.25) is 0 Å². The van der Waals surface area contributed by atoms with Gasteiger partial charge in [0.25, 0.3) is 5.91 Å². The van der Waals surface area contributed by atoms with Gasteiger partial charge in [-0.15, -0.1) is 0 Å². The summed E-state index contributed by atoms with van der Waals surface area (Å²) in [5, 5.41) is 0. The Balaban J connectivity index is 1.63. The molecule has 2 aromatic heterocycles. The molecule has 1 fully saturated rings. The number of imidazole rings is 1. The summed E-state index contributed by atoms with van der Waals surface area (Å²) in [7, 11) is 1.84. The highest BCUT2D eigenvalue weighted by Gasteiger charge is 2.23. The van der Waals surface area contributed by atoms with Crippen molar-refractivity contribution in [3.05, 3.63) is 78.1 Å². The summed E-state index contributed by atoms with van der Waals surface area (Å²) in [6, 6.07) is 11.7. The normalized spacial score (nSPS) is 14.8. The minimum atomic E-state index is 0.00254. The predicted molar refractivity (Wildman–Crippen MR) is 109 cm³/mol. The highest BCUT2D eigenvalue weighted by atomic mass is 16.2. The molecule has 0 aliphatic heterocycles. The van der Waals surface area contributed by atoms with E-state index in [2.05, 4.69) is 14.5 Å². The lowest BCUT2D eigenvalue weighted by molar-refractivity contribution is 0.0785. The van der Waals surface area contributed by atoms with Gasteiger partial charge in [-0.2, -0.15) is 0 Å². The fourth-order valence-corrected chi connectivity index (χ4v) is 4.09. The van der Waals surface area contributed by atoms with E-state index in [1.165, 1.54) is 32.1 Å². The Morgan fingerprint density at radius 3 is 2.71 bits per heavy atom. The summed E-state index contributed by atoms with van der Waals surface area (Å²) in [6.45, 7) is 0.528. The van der Waals surface area contributed by atoms with Gasteiger partial charge < -0.3 is 9.47 Å². The summed E-state index contributed by atoms with van der Waals surface area (Å²) in [5.74, 6) is 1.55. The average Bonchev–Trinajstić information content (AvgIpc) is 3.24. The van der Waals surface area contributed by atoms with E-state index < -0.39 is 0 Å². The fourth-order valence-electron chi connectivity index (χ4n) is 4.09. The first-order chi connectivity index (χ1) is 13.7. The largest absolute Gasteiger partial charge is 0.337 e. The molecule has 0 unspecified atom stereocenters. The molecule has 2 heterocycles. The maximum atomic E-state index is 13.2. The Kier molecular flexibility index (Phi) is 5.51. The van der Waals surface area contributed by atoms with Crippen LogP contribution in [0, 0.1) is 0 Å². The van der Waals surface area contributed by atoms with E-state index in [0.717, 1.165) is 17.1 Å². The molecule has 28 heavy (non-hydrogen) atoms. The van der Waals surface area contributed by atoms with Crippen LogP contribution in [0.15, 0.2) is 61.2 Å². The monoisotopic (exact) mass is 374 g/mol. The van der Waals surface area contributed by atoms with Crippen LogP contribution in [0.25, 0.3) is 5.69 Å². The van der Waals surface area contributed by atoms with Crippen LogP contribution in [0.2, 0.25) is 0 Å². The number of amides is 1. The van der Waals surface area contributed by atoms with E-state index in [1.54, 1.807) is 17.3 Å². The fraction of sp³-hybridized carbons (Fsp3) is 0.348. The lowest BCUT2D eigenvalue weighted by atomic mass is 9.88. The molecule has 3 aromatic rings. The molecule has 1 aliphatic carbocycles. The number of hydrogen-bond acceptors (Lipinski definition) is 3. The zero-order valence-corrected chi connectivity index (χ0v) is 16.3. The van der Waals surface area contributed by atoms with Crippen LogP contribution >= 0.6 is 0 Å². The molecule has 0 atom stereocenters. The lowest BCUT2D eigenvalue weighted by Gasteiger charge is -2.24. The smallest absolute Gasteiger partial charge is 0.256 e. The highest BCUT2D eigenvalue weighted by Crippen LogP contribution is 2.33. The van der Waals surface area contributed by atoms with Gasteiger partial charge >= 0.3 is 0 Å². The maximum absolute atomic E-state index is 13.2. The summed E-state index contributed by atoms with van der Waals surface area (Å²) >= 11 is 0. The maximum Gasteiger partial charge on any atom is 0.256 e. The number of carbonyl (C=O) groups is 1. The molecule has 5 nitrogen and oxygen atoms in total. The summed E-state index contributed by atoms with van der Waals surface area (Å²) < 4.78 is 2.11. The SMILES string of the molecule is CN(Cc1cccnc1)C(=O)c1ccccc1-n1ccnc1C1CCCCC1. The van der Waals surface area contributed by atoms with Crippen LogP contribution in [-0.4, -0.2) is 32.4 Å². The summed E-state index contributed by atoms with van der Waals surface area (Å²) in [5.41, 5.74) is 2.62. The van der Waals surface area contributed by atoms with E-state index in [-0.39, 0.29) is 5.91 Å². The van der Waals surface area contributed by atoms with Gasteiger partial charge in [-0.1, -0.05) is 37.5 Å². The van der Waals surface area contributed by atoms with Crippen molar-refractivity contribution in [2.75, 3.05) is 7.05 Å². The van der Waals surface area contributed by atoms with Gasteiger partial charge in [0, 0.05) is 44.3 Å². The molecule has 0 N–H and O–H groups in total. The third-order valence-electron chi connectivity index (χ3n) is 5.52. The van der Waals surface area contributed by atoms with E-state index in [0.29, 0.717) is 18.0 Å². The van der Waals surface area contributed by atoms with E-state index >= 15 is 0 Å². The number of aromatic nitrogens is 3. The van der Waals surface area contributed by atoms with Crippen molar-refractivity contribution >= 4 is 5.91 Å². The van der Waals surface area contributed by atoms with Crippen molar-refractivity contribution in [3.63, 3.8) is 0 Å². The average molecular weight is 374 g/mol. The van der Waals surface area contributed by atoms with Gasteiger partial charge in [0.05, 0.1) is 11.3 Å². The second kappa shape index (κ2) is 8.38. The first-order valence-electron chi connectivity index (χ1n) is 10.0. The minimum absolute atomic E-state index is 0.00254. The highest BCUT2D eigenvalue weighted by molar-refractivity contribution is 5.97. The molecule has 1 aliphatic rings. The van der Waals surface area contributed by atoms with Crippen molar-refractivity contribution in [1.29, 1.82) is 0 Å². The molecule has 0 spiro atoms. The molecular formula is C23H26N4O. The number of nitrogens with zero attached hydrogens (tertiary/aromatic N) is 4. The number of rotatable bonds is 5. The van der Waals surface area contributed by atoms with Crippen LogP contribution in [0.3, 0.4) is 0 Å². The van der Waals surface area contributed by atoms with Crippen LogP contribution in [0.5, 0.6) is 0 Å². The molecule has 4 rings (SSSR count). The van der Waals surface area contributed by atoms with Gasteiger partial charge in [0.1, 0.15) is 5.82 Å². The van der Waals surface area contributed by atoms with E-state index in [1.807, 2.05) is 55.8 Å². The van der Waals surface area contributed by atoms with Gasteiger partial charge in [-0.25, -0.2) is 4.98 Å². The van der Waals surface area contributed by atoms with Gasteiger partial charge in [-0.05, 0) is 36.6 Å². The van der Waals surface area contributed by atoms with Crippen molar-refractivity contribution < 1.29 is 4.79 Å². The number of para-hydroxylation sites is 1. The van der Waals surface area contributed by atoms with Crippen molar-refractivity contribution in [2.24, 2.45) is 0 Å². The Labute approximate surface area is 166 Å². The standard InChI is InChI=1S/C23H26N4O/c1-26(17-18-8-7-13-24-16-18)23(28)20-11-5-6-12-21(20)27-15-14-25-22(27)19-9-3-2-4-10-19/h5-8,11-16,19H,2-4,9-10,17H2,1H3. The molecule has 1 saturated carbocycles. The third kappa shape index (κ3) is 3.84. The number of pyridine rings is 1. The number of carbonyl (C=O) groups excluding carboxylic acids is 1. The van der Waals surface area contributed by atoms with Crippen molar-refractivity contribution in [1.82, 2.24) is 19.4 Å². The molecule has 5 heteroatoms. The molecule has 1 aromatic carbocycles. The quantitative estimate of drug-likeness (QED) is 0.656.